The van der Waals surface area contributed by atoms with Crippen LogP contribution in [0.25, 0.3) is 0 Å². The van der Waals surface area contributed by atoms with Crippen molar-refractivity contribution in [3.05, 3.63) is 0 Å². The average molecular weight is 181 g/mol. The molecule has 0 fully saturated rings. The number of halogens is 2. The van der Waals surface area contributed by atoms with Crippen molar-refractivity contribution in [3.8, 4) is 0 Å². The molecule has 0 aliphatic carbocycles. The van der Waals surface area contributed by atoms with Gasteiger partial charge in [-0.05, 0) is 13.8 Å². The molecule has 0 rings (SSSR count). The molecule has 1 N–H and O–H groups in total. The third-order valence-corrected chi connectivity index (χ3v) is 1.45. The maximum absolute atomic E-state index is 11.9. The van der Waals surface area contributed by atoms with Crippen LogP contribution in [0.1, 0.15) is 13.8 Å². The number of carbonyl (C=O) groups is 1. The maximum Gasteiger partial charge on any atom is 0.322 e. The van der Waals surface area contributed by atoms with Gasteiger partial charge < -0.3 is 4.74 Å². The van der Waals surface area contributed by atoms with Crippen molar-refractivity contribution < 1.29 is 18.3 Å². The second kappa shape index (κ2) is 5.03. The van der Waals surface area contributed by atoms with E-state index >= 15 is 0 Å². The molecule has 0 aliphatic rings. The Morgan fingerprint density at radius 3 is 2.25 bits per heavy atom. The molecule has 0 aromatic heterocycles. The van der Waals surface area contributed by atoms with Crippen LogP contribution in [0, 0.1) is 0 Å². The zero-order valence-electron chi connectivity index (χ0n) is 7.30. The summed E-state index contributed by atoms with van der Waals surface area (Å²) in [5.41, 5.74) is 0. The fourth-order valence-corrected chi connectivity index (χ4v) is 0.712. The van der Waals surface area contributed by atoms with Crippen LogP contribution < -0.4 is 5.32 Å². The molecule has 2 atom stereocenters. The van der Waals surface area contributed by atoms with Crippen molar-refractivity contribution in [3.63, 3.8) is 0 Å². The zero-order valence-corrected chi connectivity index (χ0v) is 7.30. The van der Waals surface area contributed by atoms with E-state index in [-0.39, 0.29) is 0 Å². The van der Waals surface area contributed by atoms with Crippen molar-refractivity contribution in [2.75, 3.05) is 7.11 Å². The fourth-order valence-electron chi connectivity index (χ4n) is 0.712. The van der Waals surface area contributed by atoms with E-state index in [4.69, 9.17) is 0 Å². The summed E-state index contributed by atoms with van der Waals surface area (Å²) in [4.78, 5) is 10.7. The van der Waals surface area contributed by atoms with E-state index in [0.29, 0.717) is 0 Å². The van der Waals surface area contributed by atoms with Crippen LogP contribution in [-0.2, 0) is 9.53 Å². The third kappa shape index (κ3) is 3.61. The number of alkyl halides is 2. The summed E-state index contributed by atoms with van der Waals surface area (Å²) in [7, 11) is 1.22. The number of hydrogen-bond donors (Lipinski definition) is 1. The quantitative estimate of drug-likeness (QED) is 0.652. The lowest BCUT2D eigenvalue weighted by atomic mass is 10.2. The summed E-state index contributed by atoms with van der Waals surface area (Å²) in [6, 6.07) is -1.70. The molecule has 0 aliphatic heterocycles. The molecule has 0 heterocycles. The lowest BCUT2D eigenvalue weighted by Crippen LogP contribution is -2.43. The molecule has 0 aromatic carbocycles. The molecule has 5 heteroatoms. The van der Waals surface area contributed by atoms with Gasteiger partial charge in [0.2, 0.25) is 0 Å². The second-order valence-corrected chi connectivity index (χ2v) is 2.53. The highest BCUT2D eigenvalue weighted by molar-refractivity contribution is 5.75. The Labute approximate surface area is 70.1 Å². The Hall–Kier alpha value is -0.710. The second-order valence-electron chi connectivity index (χ2n) is 2.53. The number of ether oxygens (including phenoxy) is 1. The number of esters is 1. The van der Waals surface area contributed by atoms with Gasteiger partial charge in [-0.25, -0.2) is 8.78 Å². The van der Waals surface area contributed by atoms with E-state index in [1.165, 1.54) is 21.0 Å². The van der Waals surface area contributed by atoms with E-state index < -0.39 is 24.5 Å². The zero-order chi connectivity index (χ0) is 9.72. The van der Waals surface area contributed by atoms with Crippen molar-refractivity contribution >= 4 is 5.97 Å². The Morgan fingerprint density at radius 1 is 1.42 bits per heavy atom. The first kappa shape index (κ1) is 11.3. The van der Waals surface area contributed by atoms with Crippen LogP contribution in [0.2, 0.25) is 0 Å². The highest BCUT2D eigenvalue weighted by atomic mass is 19.3. The van der Waals surface area contributed by atoms with Crippen LogP contribution in [0.4, 0.5) is 8.78 Å². The lowest BCUT2D eigenvalue weighted by Gasteiger charge is -2.16. The fraction of sp³-hybridized carbons (Fsp3) is 0.857. The first-order valence-electron chi connectivity index (χ1n) is 3.61. The minimum absolute atomic E-state index is 0.539. The average Bonchev–Trinajstić information content (AvgIpc) is 2.02. The summed E-state index contributed by atoms with van der Waals surface area (Å²) in [5, 5.41) is 2.41. The van der Waals surface area contributed by atoms with Crippen molar-refractivity contribution in [1.29, 1.82) is 0 Å². The smallest absolute Gasteiger partial charge is 0.322 e. The van der Waals surface area contributed by atoms with Crippen molar-refractivity contribution in [2.24, 2.45) is 0 Å². The van der Waals surface area contributed by atoms with Gasteiger partial charge in [0.25, 0.3) is 6.43 Å². The monoisotopic (exact) mass is 181 g/mol. The van der Waals surface area contributed by atoms with E-state index in [1.54, 1.807) is 0 Å². The van der Waals surface area contributed by atoms with Crippen molar-refractivity contribution in [2.45, 2.75) is 32.4 Å². The van der Waals surface area contributed by atoms with Gasteiger partial charge in [-0.2, -0.15) is 0 Å². The Bertz CT molecular complexity index is 152. The first-order chi connectivity index (χ1) is 5.49. The lowest BCUT2D eigenvalue weighted by molar-refractivity contribution is -0.143. The standard InChI is InChI=1S/C7H13F2NO2/c1-4(6(8)9)10-5(2)7(11)12-3/h4-6,10H,1-3H3. The summed E-state index contributed by atoms with van der Waals surface area (Å²) in [6.07, 6.45) is -2.47. The van der Waals surface area contributed by atoms with Gasteiger partial charge in [-0.3, -0.25) is 10.1 Å². The Morgan fingerprint density at radius 2 is 1.92 bits per heavy atom. The molecule has 12 heavy (non-hydrogen) atoms. The SMILES string of the molecule is COC(=O)C(C)NC(C)C(F)F. The summed E-state index contributed by atoms with van der Waals surface area (Å²) in [5.74, 6) is -0.539. The molecule has 0 saturated carbocycles. The number of carbonyl (C=O) groups excluding carboxylic acids is 1. The van der Waals surface area contributed by atoms with E-state index in [2.05, 4.69) is 10.1 Å². The van der Waals surface area contributed by atoms with Crippen molar-refractivity contribution in [1.82, 2.24) is 5.32 Å². The molecule has 0 spiro atoms. The van der Waals surface area contributed by atoms with Gasteiger partial charge >= 0.3 is 5.97 Å². The number of rotatable bonds is 4. The summed E-state index contributed by atoms with van der Waals surface area (Å²) in [6.45, 7) is 2.79. The minimum atomic E-state index is -2.47. The minimum Gasteiger partial charge on any atom is -0.468 e. The van der Waals surface area contributed by atoms with Gasteiger partial charge in [-0.15, -0.1) is 0 Å². The van der Waals surface area contributed by atoms with E-state index in [9.17, 15) is 13.6 Å². The highest BCUT2D eigenvalue weighted by Crippen LogP contribution is 2.01. The van der Waals surface area contributed by atoms with Gasteiger partial charge in [0.1, 0.15) is 6.04 Å². The first-order valence-corrected chi connectivity index (χ1v) is 3.61. The van der Waals surface area contributed by atoms with Crippen LogP contribution in [0.5, 0.6) is 0 Å². The molecule has 0 bridgehead atoms. The molecular formula is C7H13F2NO2. The molecule has 3 nitrogen and oxygen atoms in total. The molecule has 0 amide bonds. The normalized spacial score (nSPS) is 15.8. The van der Waals surface area contributed by atoms with E-state index in [0.717, 1.165) is 0 Å². The molecule has 0 radical (unpaired) electrons. The van der Waals surface area contributed by atoms with Gasteiger partial charge in [0.05, 0.1) is 13.2 Å². The third-order valence-electron chi connectivity index (χ3n) is 1.45. The number of methoxy groups -OCH3 is 1. The van der Waals surface area contributed by atoms with Crippen LogP contribution in [-0.4, -0.2) is 31.6 Å². The molecule has 0 saturated heterocycles. The Balaban J connectivity index is 3.83. The highest BCUT2D eigenvalue weighted by Gasteiger charge is 2.20. The molecule has 0 aromatic rings. The van der Waals surface area contributed by atoms with Crippen LogP contribution in [0.15, 0.2) is 0 Å². The number of hydrogen-bond acceptors (Lipinski definition) is 3. The molecule has 72 valence electrons. The van der Waals surface area contributed by atoms with Gasteiger partial charge in [0, 0.05) is 0 Å². The Kier molecular flexibility index (Phi) is 4.73. The van der Waals surface area contributed by atoms with Crippen LogP contribution >= 0.6 is 0 Å². The predicted octanol–water partition coefficient (Wildman–Crippen LogP) is 0.791. The van der Waals surface area contributed by atoms with E-state index in [1.807, 2.05) is 0 Å². The summed E-state index contributed by atoms with van der Waals surface area (Å²) >= 11 is 0. The maximum atomic E-state index is 11.9. The number of nitrogens with one attached hydrogen (secondary N) is 1. The van der Waals surface area contributed by atoms with Gasteiger partial charge in [-0.1, -0.05) is 0 Å². The topological polar surface area (TPSA) is 38.3 Å². The molecular weight excluding hydrogens is 168 g/mol. The van der Waals surface area contributed by atoms with Crippen LogP contribution in [0.3, 0.4) is 0 Å². The predicted molar refractivity (Wildman–Crippen MR) is 40.1 cm³/mol. The largest absolute Gasteiger partial charge is 0.468 e. The molecule has 2 unspecified atom stereocenters. The van der Waals surface area contributed by atoms with Gasteiger partial charge in [0.15, 0.2) is 0 Å². The summed E-state index contributed by atoms with van der Waals surface area (Å²) < 4.78 is 28.2.